The van der Waals surface area contributed by atoms with Gasteiger partial charge in [-0.3, -0.25) is 9.59 Å². The average Bonchev–Trinajstić information content (AvgIpc) is 2.22. The van der Waals surface area contributed by atoms with Crippen molar-refractivity contribution in [2.75, 3.05) is 0 Å². The number of hydrogen-bond donors (Lipinski definition) is 0. The number of rotatable bonds is 0. The van der Waals surface area contributed by atoms with Crippen molar-refractivity contribution in [2.24, 2.45) is 5.41 Å². The van der Waals surface area contributed by atoms with Crippen molar-refractivity contribution in [2.45, 2.75) is 20.8 Å². The molecule has 2 rings (SSSR count). The molecule has 0 bridgehead atoms. The number of allylic oxidation sites excluding steroid dienone is 2. The van der Waals surface area contributed by atoms with Crippen molar-refractivity contribution in [3.8, 4) is 0 Å². The maximum absolute atomic E-state index is 11.7. The second-order valence-electron chi connectivity index (χ2n) is 5.05. The second kappa shape index (κ2) is 3.41. The van der Waals surface area contributed by atoms with Crippen LogP contribution >= 0.6 is 0 Å². The average molecular weight is 214 g/mol. The van der Waals surface area contributed by atoms with E-state index in [2.05, 4.69) is 0 Å². The minimum Gasteiger partial charge on any atom is -0.286 e. The Hall–Kier alpha value is -1.70. The number of carbonyl (C=O) groups excluding carboxylic acids is 2. The molecule has 16 heavy (non-hydrogen) atoms. The van der Waals surface area contributed by atoms with E-state index >= 15 is 0 Å². The van der Waals surface area contributed by atoms with Crippen molar-refractivity contribution in [1.82, 2.24) is 0 Å². The third-order valence-electron chi connectivity index (χ3n) is 2.77. The van der Waals surface area contributed by atoms with Gasteiger partial charge in [-0.1, -0.05) is 45.0 Å². The molecule has 1 aliphatic rings. The first-order valence-electron chi connectivity index (χ1n) is 5.31. The van der Waals surface area contributed by atoms with E-state index in [-0.39, 0.29) is 5.41 Å². The zero-order valence-corrected chi connectivity index (χ0v) is 9.70. The van der Waals surface area contributed by atoms with E-state index in [0.717, 1.165) is 11.1 Å². The molecule has 0 N–H and O–H groups in total. The van der Waals surface area contributed by atoms with E-state index in [1.165, 1.54) is 6.08 Å². The third-order valence-corrected chi connectivity index (χ3v) is 2.77. The number of Topliss-reactive ketones (excluding diaryl/α,β-unsaturated/α-hetero) is 1. The smallest absolute Gasteiger partial charge is 0.233 e. The molecular weight excluding hydrogens is 200 g/mol. The Morgan fingerprint density at radius 2 is 1.50 bits per heavy atom. The van der Waals surface area contributed by atoms with Gasteiger partial charge >= 0.3 is 0 Å². The number of ketones is 2. The van der Waals surface area contributed by atoms with Gasteiger partial charge in [-0.2, -0.15) is 0 Å². The molecule has 82 valence electrons. The Kier molecular flexibility index (Phi) is 2.30. The molecule has 0 fully saturated rings. The zero-order chi connectivity index (χ0) is 11.9. The summed E-state index contributed by atoms with van der Waals surface area (Å²) >= 11 is 0. The molecule has 0 saturated heterocycles. The maximum atomic E-state index is 11.7. The van der Waals surface area contributed by atoms with Gasteiger partial charge in [0.15, 0.2) is 0 Å². The fraction of sp³-hybridized carbons (Fsp3) is 0.286. The van der Waals surface area contributed by atoms with Crippen LogP contribution in [0.25, 0.3) is 5.57 Å². The molecule has 0 aromatic heterocycles. The van der Waals surface area contributed by atoms with Crippen LogP contribution in [0.15, 0.2) is 30.3 Å². The lowest BCUT2D eigenvalue weighted by molar-refractivity contribution is -0.111. The Labute approximate surface area is 95.0 Å². The molecule has 1 aromatic rings. The van der Waals surface area contributed by atoms with E-state index in [0.29, 0.717) is 5.56 Å². The summed E-state index contributed by atoms with van der Waals surface area (Å²) in [5.41, 5.74) is 2.22. The van der Waals surface area contributed by atoms with Crippen molar-refractivity contribution >= 4 is 17.1 Å². The summed E-state index contributed by atoms with van der Waals surface area (Å²) in [5.74, 6) is -0.813. The SMILES string of the molecule is CC(C)(C)C1=CC(=O)C(=O)c2ccccc21. The van der Waals surface area contributed by atoms with Gasteiger partial charge in [0.1, 0.15) is 0 Å². The topological polar surface area (TPSA) is 34.1 Å². The van der Waals surface area contributed by atoms with Crippen LogP contribution < -0.4 is 0 Å². The van der Waals surface area contributed by atoms with Crippen molar-refractivity contribution < 1.29 is 9.59 Å². The van der Waals surface area contributed by atoms with Crippen LogP contribution in [0.4, 0.5) is 0 Å². The molecule has 2 nitrogen and oxygen atoms in total. The number of benzene rings is 1. The maximum Gasteiger partial charge on any atom is 0.233 e. The molecule has 2 heteroatoms. The van der Waals surface area contributed by atoms with Crippen LogP contribution in [0.5, 0.6) is 0 Å². The summed E-state index contributed by atoms with van der Waals surface area (Å²) in [6, 6.07) is 7.29. The van der Waals surface area contributed by atoms with Gasteiger partial charge in [0.25, 0.3) is 0 Å². The first-order chi connectivity index (χ1) is 7.41. The fourth-order valence-electron chi connectivity index (χ4n) is 1.94. The van der Waals surface area contributed by atoms with Gasteiger partial charge in [-0.25, -0.2) is 0 Å². The van der Waals surface area contributed by atoms with Crippen LogP contribution in [0, 0.1) is 5.41 Å². The highest BCUT2D eigenvalue weighted by atomic mass is 16.2. The lowest BCUT2D eigenvalue weighted by atomic mass is 9.76. The fourth-order valence-corrected chi connectivity index (χ4v) is 1.94. The molecule has 0 radical (unpaired) electrons. The number of carbonyl (C=O) groups is 2. The quantitative estimate of drug-likeness (QED) is 0.622. The van der Waals surface area contributed by atoms with E-state index in [1.54, 1.807) is 12.1 Å². The first kappa shape index (κ1) is 10.8. The summed E-state index contributed by atoms with van der Waals surface area (Å²) in [6.45, 7) is 6.12. The van der Waals surface area contributed by atoms with Crippen LogP contribution in [0.1, 0.15) is 36.7 Å². The lowest BCUT2D eigenvalue weighted by Gasteiger charge is -2.27. The minimum absolute atomic E-state index is 0.132. The van der Waals surface area contributed by atoms with Crippen LogP contribution in [-0.2, 0) is 4.79 Å². The predicted molar refractivity (Wildman–Crippen MR) is 63.2 cm³/mol. The van der Waals surface area contributed by atoms with Crippen molar-refractivity contribution in [3.63, 3.8) is 0 Å². The summed E-state index contributed by atoms with van der Waals surface area (Å²) in [6.07, 6.45) is 1.48. The van der Waals surface area contributed by atoms with Crippen molar-refractivity contribution in [1.29, 1.82) is 0 Å². The minimum atomic E-state index is -0.413. The molecule has 0 heterocycles. The Morgan fingerprint density at radius 1 is 0.938 bits per heavy atom. The van der Waals surface area contributed by atoms with Crippen molar-refractivity contribution in [3.05, 3.63) is 41.5 Å². The van der Waals surface area contributed by atoms with Gasteiger partial charge in [0.05, 0.1) is 0 Å². The lowest BCUT2D eigenvalue weighted by Crippen LogP contribution is -2.23. The third kappa shape index (κ3) is 1.60. The molecule has 1 aliphatic carbocycles. The molecule has 1 aromatic carbocycles. The predicted octanol–water partition coefficient (Wildman–Crippen LogP) is 2.88. The van der Waals surface area contributed by atoms with Gasteiger partial charge < -0.3 is 0 Å². The first-order valence-corrected chi connectivity index (χ1v) is 5.31. The highest BCUT2D eigenvalue weighted by Gasteiger charge is 2.30. The van der Waals surface area contributed by atoms with Crippen LogP contribution in [0.3, 0.4) is 0 Å². The highest BCUT2D eigenvalue weighted by Crippen LogP contribution is 2.37. The molecule has 0 amide bonds. The normalized spacial score (nSPS) is 15.8. The van der Waals surface area contributed by atoms with E-state index in [1.807, 2.05) is 32.9 Å². The molecule has 0 aliphatic heterocycles. The molecule has 0 unspecified atom stereocenters. The monoisotopic (exact) mass is 214 g/mol. The zero-order valence-electron chi connectivity index (χ0n) is 9.70. The molecule has 0 saturated carbocycles. The van der Waals surface area contributed by atoms with Crippen LogP contribution in [0.2, 0.25) is 0 Å². The summed E-state index contributed by atoms with van der Waals surface area (Å²) < 4.78 is 0. The summed E-state index contributed by atoms with van der Waals surface area (Å²) in [5, 5.41) is 0. The largest absolute Gasteiger partial charge is 0.286 e. The van der Waals surface area contributed by atoms with E-state index in [4.69, 9.17) is 0 Å². The van der Waals surface area contributed by atoms with Crippen LogP contribution in [-0.4, -0.2) is 11.6 Å². The van der Waals surface area contributed by atoms with Gasteiger partial charge in [-0.15, -0.1) is 0 Å². The number of fused-ring (bicyclic) bond motifs is 1. The molecule has 0 atom stereocenters. The van der Waals surface area contributed by atoms with E-state index < -0.39 is 11.6 Å². The van der Waals surface area contributed by atoms with Gasteiger partial charge in [0, 0.05) is 5.56 Å². The van der Waals surface area contributed by atoms with Gasteiger partial charge in [-0.05, 0) is 22.6 Å². The highest BCUT2D eigenvalue weighted by molar-refractivity contribution is 6.50. The molecular formula is C14H14O2. The molecule has 0 spiro atoms. The summed E-state index contributed by atoms with van der Waals surface area (Å²) in [4.78, 5) is 23.3. The van der Waals surface area contributed by atoms with Gasteiger partial charge in [0.2, 0.25) is 11.6 Å². The number of hydrogen-bond acceptors (Lipinski definition) is 2. The second-order valence-corrected chi connectivity index (χ2v) is 5.05. The Morgan fingerprint density at radius 3 is 2.06 bits per heavy atom. The summed E-state index contributed by atoms with van der Waals surface area (Å²) in [7, 11) is 0. The Balaban J connectivity index is 2.69. The van der Waals surface area contributed by atoms with E-state index in [9.17, 15) is 9.59 Å². The Bertz CT molecular complexity index is 502. The standard InChI is InChI=1S/C14H14O2/c1-14(2,3)11-8-12(15)13(16)10-7-5-4-6-9(10)11/h4-8H,1-3H3.